The molecule has 1 fully saturated rings. The topological polar surface area (TPSA) is 103 Å². The molecule has 0 spiro atoms. The molecule has 4 rings (SSSR count). The van der Waals surface area contributed by atoms with Crippen LogP contribution in [0.1, 0.15) is 85.7 Å². The maximum atomic E-state index is 15.3. The largest absolute Gasteiger partial charge is 0.456 e. The molecule has 0 aliphatic carbocycles. The van der Waals surface area contributed by atoms with Gasteiger partial charge in [0.05, 0.1) is 18.3 Å². The van der Waals surface area contributed by atoms with Gasteiger partial charge in [-0.05, 0) is 53.7 Å². The van der Waals surface area contributed by atoms with E-state index in [4.69, 9.17) is 18.9 Å². The quantitative estimate of drug-likeness (QED) is 0.0863. The number of imidazole rings is 1. The van der Waals surface area contributed by atoms with Crippen molar-refractivity contribution in [2.45, 2.75) is 99.0 Å². The molecule has 0 bridgehead atoms. The first-order valence-corrected chi connectivity index (χ1v) is 22.2. The highest BCUT2D eigenvalue weighted by molar-refractivity contribution is 6.74. The van der Waals surface area contributed by atoms with Gasteiger partial charge in [0.25, 0.3) is 5.91 Å². The molecular weight excluding hydrogens is 723 g/mol. The van der Waals surface area contributed by atoms with Crippen LogP contribution in [-0.2, 0) is 30.0 Å². The number of aromatic nitrogens is 2. The third-order valence-electron chi connectivity index (χ3n) is 10.8. The maximum Gasteiger partial charge on any atom is 0.409 e. The Labute approximate surface area is 326 Å². The summed E-state index contributed by atoms with van der Waals surface area (Å²) in [6.07, 6.45) is 2.93. The number of hydrogen-bond acceptors (Lipinski definition) is 7. The lowest BCUT2D eigenvalue weighted by Crippen LogP contribution is -2.48. The predicted molar refractivity (Wildman–Crippen MR) is 212 cm³/mol. The molecule has 0 N–H and O–H groups in total. The lowest BCUT2D eigenvalue weighted by molar-refractivity contribution is -0.153. The van der Waals surface area contributed by atoms with Crippen molar-refractivity contribution in [2.75, 3.05) is 39.5 Å². The summed E-state index contributed by atoms with van der Waals surface area (Å²) in [4.78, 5) is 48.2. The fourth-order valence-corrected chi connectivity index (χ4v) is 7.70. The van der Waals surface area contributed by atoms with Crippen molar-refractivity contribution in [3.05, 3.63) is 77.8 Å². The van der Waals surface area contributed by atoms with E-state index in [2.05, 4.69) is 33.9 Å². The molecule has 1 saturated heterocycles. The molecule has 302 valence electrons. The van der Waals surface area contributed by atoms with Crippen molar-refractivity contribution in [1.82, 2.24) is 19.4 Å². The zero-order valence-corrected chi connectivity index (χ0v) is 35.3. The first-order chi connectivity index (χ1) is 25.7. The Morgan fingerprint density at radius 2 is 1.65 bits per heavy atom. The molecule has 1 aromatic heterocycles. The molecule has 2 amide bonds. The van der Waals surface area contributed by atoms with Gasteiger partial charge in [-0.15, -0.1) is 0 Å². The predicted octanol–water partition coefficient (Wildman–Crippen LogP) is 8.86. The van der Waals surface area contributed by atoms with Crippen molar-refractivity contribution in [1.29, 1.82) is 0 Å². The van der Waals surface area contributed by atoms with E-state index < -0.39 is 56.0 Å². The molecule has 3 aromatic rings. The lowest BCUT2D eigenvalue weighted by Gasteiger charge is -2.42. The number of likely N-dealkylation sites (tertiary alicyclic amines) is 1. The Hall–Kier alpha value is -4.10. The van der Waals surface area contributed by atoms with Gasteiger partial charge in [0.2, 0.25) is 0 Å². The molecule has 2 heterocycles. The lowest BCUT2D eigenvalue weighted by atomic mass is 9.83. The van der Waals surface area contributed by atoms with E-state index in [1.54, 1.807) is 16.0 Å². The first kappa shape index (κ1) is 43.6. The van der Waals surface area contributed by atoms with Crippen LogP contribution >= 0.6 is 0 Å². The van der Waals surface area contributed by atoms with E-state index in [0.717, 1.165) is 36.6 Å². The van der Waals surface area contributed by atoms with Crippen LogP contribution in [0.2, 0.25) is 18.1 Å². The number of nitrogens with zero attached hydrogens (tertiary/aromatic N) is 4. The monoisotopic (exact) mass is 782 g/mol. The van der Waals surface area contributed by atoms with Gasteiger partial charge in [-0.25, -0.2) is 18.6 Å². The van der Waals surface area contributed by atoms with Crippen LogP contribution in [0.5, 0.6) is 0 Å². The first-order valence-electron chi connectivity index (χ1n) is 19.3. The average Bonchev–Trinajstić information content (AvgIpc) is 3.70. The van der Waals surface area contributed by atoms with Crippen molar-refractivity contribution in [3.8, 4) is 11.3 Å². The molecule has 2 unspecified atom stereocenters. The Kier molecular flexibility index (Phi) is 14.5. The van der Waals surface area contributed by atoms with Crippen LogP contribution in [0.25, 0.3) is 11.3 Å². The number of amides is 2. The summed E-state index contributed by atoms with van der Waals surface area (Å²) in [5.41, 5.74) is 0.476. The third kappa shape index (κ3) is 11.5. The highest BCUT2D eigenvalue weighted by Gasteiger charge is 2.45. The number of hydrogen-bond donors (Lipinski definition) is 0. The minimum absolute atomic E-state index is 0.00521. The number of benzene rings is 2. The molecule has 1 aliphatic rings. The van der Waals surface area contributed by atoms with E-state index >= 15 is 4.39 Å². The Morgan fingerprint density at radius 1 is 0.982 bits per heavy atom. The van der Waals surface area contributed by atoms with Gasteiger partial charge in [0, 0.05) is 63.3 Å². The molecule has 2 aromatic carbocycles. The number of halogens is 2. The summed E-state index contributed by atoms with van der Waals surface area (Å²) < 4.78 is 49.3. The van der Waals surface area contributed by atoms with E-state index in [-0.39, 0.29) is 34.7 Å². The summed E-state index contributed by atoms with van der Waals surface area (Å²) in [6.45, 7) is 21.5. The van der Waals surface area contributed by atoms with Gasteiger partial charge in [0.15, 0.2) is 14.9 Å². The molecule has 13 heteroatoms. The van der Waals surface area contributed by atoms with Crippen LogP contribution in [-0.4, -0.2) is 85.1 Å². The molecular formula is C42H60F2N4O6Si. The van der Waals surface area contributed by atoms with Gasteiger partial charge in [0.1, 0.15) is 17.5 Å². The molecule has 10 nitrogen and oxygen atoms in total. The van der Waals surface area contributed by atoms with E-state index in [9.17, 15) is 18.8 Å². The van der Waals surface area contributed by atoms with Crippen molar-refractivity contribution >= 4 is 26.3 Å². The average molecular weight is 783 g/mol. The summed E-state index contributed by atoms with van der Waals surface area (Å²) in [5, 5.41) is -0.0437. The summed E-state index contributed by atoms with van der Waals surface area (Å²) >= 11 is 0. The SMILES string of the molecule is CCCCOC(=O)N1CC(CO[Si](C)(C)C(C)(C)C)C(CN(C(=O)COC(C)=O)[C@@H](c2nc(-c3cc(F)ccc3F)cn2Cc2ccccc2)C(C)(C)C)C1. The fraction of sp³-hybridized carbons (Fsp3) is 0.571. The number of carbonyl (C=O) groups excluding carboxylic acids is 3. The van der Waals surface area contributed by atoms with Crippen LogP contribution in [0.3, 0.4) is 0 Å². The Morgan fingerprint density at radius 3 is 2.27 bits per heavy atom. The van der Waals surface area contributed by atoms with Crippen molar-refractivity contribution in [2.24, 2.45) is 17.3 Å². The van der Waals surface area contributed by atoms with Crippen LogP contribution in [0.4, 0.5) is 13.6 Å². The summed E-state index contributed by atoms with van der Waals surface area (Å²) in [7, 11) is -2.19. The number of unbranched alkanes of at least 4 members (excludes halogenated alkanes) is 1. The van der Waals surface area contributed by atoms with E-state index in [0.29, 0.717) is 38.7 Å². The van der Waals surface area contributed by atoms with E-state index in [1.807, 2.05) is 62.6 Å². The van der Waals surface area contributed by atoms with Gasteiger partial charge >= 0.3 is 12.1 Å². The number of esters is 1. The van der Waals surface area contributed by atoms with Gasteiger partial charge in [-0.1, -0.05) is 85.2 Å². The maximum absolute atomic E-state index is 15.3. The molecule has 1 aliphatic heterocycles. The van der Waals surface area contributed by atoms with Gasteiger partial charge in [-0.3, -0.25) is 9.59 Å². The fourth-order valence-electron chi connectivity index (χ4n) is 6.63. The zero-order valence-electron chi connectivity index (χ0n) is 34.3. The highest BCUT2D eigenvalue weighted by atomic mass is 28.4. The smallest absolute Gasteiger partial charge is 0.409 e. The zero-order chi connectivity index (χ0) is 40.7. The van der Waals surface area contributed by atoms with Crippen molar-refractivity contribution in [3.63, 3.8) is 0 Å². The molecule has 0 radical (unpaired) electrons. The summed E-state index contributed by atoms with van der Waals surface area (Å²) in [5.74, 6) is -2.21. The van der Waals surface area contributed by atoms with Gasteiger partial charge < -0.3 is 28.3 Å². The van der Waals surface area contributed by atoms with Crippen molar-refractivity contribution < 1.29 is 37.1 Å². The Balaban J connectivity index is 1.84. The number of ether oxygens (including phenoxy) is 2. The summed E-state index contributed by atoms with van der Waals surface area (Å²) in [6, 6.07) is 12.2. The number of rotatable bonds is 15. The van der Waals surface area contributed by atoms with E-state index in [1.165, 1.54) is 6.92 Å². The van der Waals surface area contributed by atoms with Crippen LogP contribution in [0.15, 0.2) is 54.7 Å². The third-order valence-corrected chi connectivity index (χ3v) is 15.3. The normalized spacial score (nSPS) is 16.9. The molecule has 0 saturated carbocycles. The van der Waals surface area contributed by atoms with Gasteiger partial charge in [-0.2, -0.15) is 0 Å². The second kappa shape index (κ2) is 18.2. The Bertz CT molecular complexity index is 1770. The second-order valence-electron chi connectivity index (χ2n) is 17.3. The standard InChI is InChI=1S/C42H60F2N4O6Si/c1-11-12-20-52-40(51)47-23-31(32(24-47)27-54-55(9,10)42(6,7)8)25-48(37(50)28-53-29(2)49)38(41(3,4)5)39-45-36(34-21-33(43)18-19-35(34)44)26-46(39)22-30-16-14-13-15-17-30/h13-19,21,26,31-32,38H,11-12,20,22-25,27-28H2,1-10H3/t31?,32?,38-/m0/s1. The van der Waals surface area contributed by atoms with Crippen LogP contribution < -0.4 is 0 Å². The molecule has 3 atom stereocenters. The molecule has 55 heavy (non-hydrogen) atoms. The minimum Gasteiger partial charge on any atom is -0.456 e. The second-order valence-corrected chi connectivity index (χ2v) is 22.1. The number of carbonyl (C=O) groups is 3. The van der Waals surface area contributed by atoms with Crippen LogP contribution in [0, 0.1) is 28.9 Å². The minimum atomic E-state index is -2.19. The highest BCUT2D eigenvalue weighted by Crippen LogP contribution is 2.42.